The molecule has 0 aromatic heterocycles. The van der Waals surface area contributed by atoms with Crippen LogP contribution in [0, 0.1) is 6.92 Å². The summed E-state index contributed by atoms with van der Waals surface area (Å²) in [5, 5.41) is 19.3. The van der Waals surface area contributed by atoms with Crippen molar-refractivity contribution in [1.82, 2.24) is 0 Å². The van der Waals surface area contributed by atoms with Crippen molar-refractivity contribution in [2.45, 2.75) is 58.3 Å². The van der Waals surface area contributed by atoms with Crippen molar-refractivity contribution < 1.29 is 10.0 Å². The lowest BCUT2D eigenvalue weighted by Crippen LogP contribution is -2.44. The monoisotopic (exact) mass is 246 g/mol. The van der Waals surface area contributed by atoms with E-state index in [9.17, 15) is 10.0 Å². The van der Waals surface area contributed by atoms with Gasteiger partial charge in [0, 0.05) is 0 Å². The Morgan fingerprint density at radius 3 is 1.94 bits per heavy atom. The summed E-state index contributed by atoms with van der Waals surface area (Å²) in [7, 11) is -1.38. The lowest BCUT2D eigenvalue weighted by atomic mass is 9.57. The summed E-state index contributed by atoms with van der Waals surface area (Å²) < 4.78 is 0. The molecule has 2 nitrogen and oxygen atoms in total. The van der Waals surface area contributed by atoms with Crippen molar-refractivity contribution in [3.63, 3.8) is 0 Å². The number of benzene rings is 1. The van der Waals surface area contributed by atoms with E-state index in [2.05, 4.69) is 34.6 Å². The maximum Gasteiger partial charge on any atom is 0.488 e. The molecule has 0 fully saturated rings. The number of rotatable bonds is 1. The van der Waals surface area contributed by atoms with E-state index in [0.717, 1.165) is 18.4 Å². The average Bonchev–Trinajstić information content (AvgIpc) is 2.24. The van der Waals surface area contributed by atoms with Gasteiger partial charge < -0.3 is 10.0 Å². The molecule has 0 saturated carbocycles. The van der Waals surface area contributed by atoms with Crippen LogP contribution in [0.15, 0.2) is 12.1 Å². The topological polar surface area (TPSA) is 40.5 Å². The standard InChI is InChI=1S/C15H23BO2/c1-10-6-7-11(16(17)18)13-12(10)14(2,3)8-9-15(13,4)5/h6-7,17-18H,8-9H2,1-5H3. The van der Waals surface area contributed by atoms with Crippen LogP contribution in [0.4, 0.5) is 0 Å². The maximum atomic E-state index is 9.63. The lowest BCUT2D eigenvalue weighted by Gasteiger charge is -2.44. The van der Waals surface area contributed by atoms with Crippen LogP contribution >= 0.6 is 0 Å². The van der Waals surface area contributed by atoms with Gasteiger partial charge in [0.05, 0.1) is 0 Å². The Kier molecular flexibility index (Phi) is 3.11. The summed E-state index contributed by atoms with van der Waals surface area (Å²) in [4.78, 5) is 0. The summed E-state index contributed by atoms with van der Waals surface area (Å²) in [6, 6.07) is 3.87. The molecular weight excluding hydrogens is 223 g/mol. The van der Waals surface area contributed by atoms with Gasteiger partial charge in [0.15, 0.2) is 0 Å². The van der Waals surface area contributed by atoms with E-state index < -0.39 is 7.12 Å². The van der Waals surface area contributed by atoms with Gasteiger partial charge in [0.25, 0.3) is 0 Å². The summed E-state index contributed by atoms with van der Waals surface area (Å²) in [5.41, 5.74) is 4.51. The quantitative estimate of drug-likeness (QED) is 0.744. The van der Waals surface area contributed by atoms with E-state index in [1.54, 1.807) is 0 Å². The minimum absolute atomic E-state index is 0.00984. The third kappa shape index (κ3) is 2.00. The molecule has 0 unspecified atom stereocenters. The molecule has 1 aromatic rings. The highest BCUT2D eigenvalue weighted by Gasteiger charge is 2.40. The molecular formula is C15H23BO2. The largest absolute Gasteiger partial charge is 0.488 e. The Labute approximate surface area is 110 Å². The van der Waals surface area contributed by atoms with Crippen LogP contribution in [0.1, 0.15) is 57.2 Å². The van der Waals surface area contributed by atoms with Gasteiger partial charge >= 0.3 is 7.12 Å². The van der Waals surface area contributed by atoms with E-state index in [1.165, 1.54) is 11.1 Å². The second kappa shape index (κ2) is 4.11. The third-order valence-electron chi connectivity index (χ3n) is 4.45. The molecule has 0 radical (unpaired) electrons. The van der Waals surface area contributed by atoms with Gasteiger partial charge in [-0.05, 0) is 52.7 Å². The normalized spacial score (nSPS) is 20.4. The van der Waals surface area contributed by atoms with Gasteiger partial charge in [-0.2, -0.15) is 0 Å². The molecule has 0 bridgehead atoms. The molecule has 2 rings (SSSR count). The van der Waals surface area contributed by atoms with Crippen molar-refractivity contribution in [1.29, 1.82) is 0 Å². The van der Waals surface area contributed by atoms with Gasteiger partial charge in [-0.1, -0.05) is 39.8 Å². The van der Waals surface area contributed by atoms with Crippen molar-refractivity contribution in [2.75, 3.05) is 0 Å². The van der Waals surface area contributed by atoms with Crippen LogP contribution in [-0.4, -0.2) is 17.2 Å². The molecule has 18 heavy (non-hydrogen) atoms. The number of fused-ring (bicyclic) bond motifs is 1. The SMILES string of the molecule is Cc1ccc(B(O)O)c2c1C(C)(C)CCC2(C)C. The van der Waals surface area contributed by atoms with E-state index in [1.807, 2.05) is 12.1 Å². The molecule has 1 aliphatic carbocycles. The first-order chi connectivity index (χ1) is 8.17. The fourth-order valence-corrected chi connectivity index (χ4v) is 3.41. The Bertz CT molecular complexity index is 476. The zero-order chi connectivity index (χ0) is 13.7. The van der Waals surface area contributed by atoms with Crippen molar-refractivity contribution in [3.05, 3.63) is 28.8 Å². The Hall–Kier alpha value is -0.795. The minimum atomic E-state index is -1.38. The Morgan fingerprint density at radius 1 is 0.944 bits per heavy atom. The average molecular weight is 246 g/mol. The molecule has 3 heteroatoms. The zero-order valence-electron chi connectivity index (χ0n) is 12.0. The molecule has 0 spiro atoms. The molecule has 0 aliphatic heterocycles. The molecule has 0 amide bonds. The fourth-order valence-electron chi connectivity index (χ4n) is 3.41. The number of hydrogen-bond donors (Lipinski definition) is 2. The lowest BCUT2D eigenvalue weighted by molar-refractivity contribution is 0.330. The van der Waals surface area contributed by atoms with Gasteiger partial charge in [0.1, 0.15) is 0 Å². The van der Waals surface area contributed by atoms with E-state index in [0.29, 0.717) is 5.46 Å². The van der Waals surface area contributed by atoms with Gasteiger partial charge in [0.2, 0.25) is 0 Å². The van der Waals surface area contributed by atoms with Gasteiger partial charge in [-0.3, -0.25) is 0 Å². The molecule has 0 heterocycles. The van der Waals surface area contributed by atoms with Crippen LogP contribution in [0.2, 0.25) is 0 Å². The summed E-state index contributed by atoms with van der Waals surface area (Å²) >= 11 is 0. The van der Waals surface area contributed by atoms with Crippen molar-refractivity contribution in [2.24, 2.45) is 0 Å². The molecule has 0 atom stereocenters. The fraction of sp³-hybridized carbons (Fsp3) is 0.600. The van der Waals surface area contributed by atoms with Crippen molar-refractivity contribution >= 4 is 12.6 Å². The molecule has 1 aromatic carbocycles. The van der Waals surface area contributed by atoms with E-state index in [4.69, 9.17) is 0 Å². The molecule has 0 saturated heterocycles. The van der Waals surface area contributed by atoms with E-state index in [-0.39, 0.29) is 10.8 Å². The molecule has 1 aliphatic rings. The van der Waals surface area contributed by atoms with Crippen LogP contribution < -0.4 is 5.46 Å². The van der Waals surface area contributed by atoms with Crippen LogP contribution in [0.25, 0.3) is 0 Å². The van der Waals surface area contributed by atoms with Crippen molar-refractivity contribution in [3.8, 4) is 0 Å². The third-order valence-corrected chi connectivity index (χ3v) is 4.45. The van der Waals surface area contributed by atoms with E-state index >= 15 is 0 Å². The summed E-state index contributed by atoms with van der Waals surface area (Å²) in [6.45, 7) is 11.0. The second-order valence-corrected chi connectivity index (χ2v) is 6.86. The summed E-state index contributed by atoms with van der Waals surface area (Å²) in [5.74, 6) is 0. The highest BCUT2D eigenvalue weighted by molar-refractivity contribution is 6.59. The summed E-state index contributed by atoms with van der Waals surface area (Å²) in [6.07, 6.45) is 2.22. The number of aryl methyl sites for hydroxylation is 1. The maximum absolute atomic E-state index is 9.63. The zero-order valence-corrected chi connectivity index (χ0v) is 12.0. The first-order valence-corrected chi connectivity index (χ1v) is 6.67. The van der Waals surface area contributed by atoms with Gasteiger partial charge in [-0.25, -0.2) is 0 Å². The minimum Gasteiger partial charge on any atom is -0.423 e. The molecule has 98 valence electrons. The highest BCUT2D eigenvalue weighted by atomic mass is 16.4. The van der Waals surface area contributed by atoms with Crippen LogP contribution in [0.5, 0.6) is 0 Å². The van der Waals surface area contributed by atoms with Crippen LogP contribution in [0.3, 0.4) is 0 Å². The molecule has 2 N–H and O–H groups in total. The predicted molar refractivity (Wildman–Crippen MR) is 76.3 cm³/mol. The Balaban J connectivity index is 2.80. The van der Waals surface area contributed by atoms with Gasteiger partial charge in [-0.15, -0.1) is 0 Å². The smallest absolute Gasteiger partial charge is 0.423 e. The second-order valence-electron chi connectivity index (χ2n) is 6.86. The predicted octanol–water partition coefficient (Wildman–Crippen LogP) is 2.02. The van der Waals surface area contributed by atoms with Crippen LogP contribution in [-0.2, 0) is 10.8 Å². The Morgan fingerprint density at radius 2 is 1.44 bits per heavy atom. The number of hydrogen-bond acceptors (Lipinski definition) is 2. The first-order valence-electron chi connectivity index (χ1n) is 6.67. The first kappa shape index (κ1) is 13.6. The highest BCUT2D eigenvalue weighted by Crippen LogP contribution is 2.46.